The van der Waals surface area contributed by atoms with E-state index >= 15 is 0 Å². The summed E-state index contributed by atoms with van der Waals surface area (Å²) in [6, 6.07) is 15.0. The fourth-order valence-electron chi connectivity index (χ4n) is 4.08. The number of para-hydroxylation sites is 1. The molecular formula is C28H32N6O3. The van der Waals surface area contributed by atoms with Crippen LogP contribution in [0.3, 0.4) is 0 Å². The van der Waals surface area contributed by atoms with E-state index in [1.165, 1.54) is 4.68 Å². The number of nitrogens with zero attached hydrogens (tertiary/aromatic N) is 4. The fraction of sp³-hybridized carbons (Fsp3) is 0.286. The zero-order valence-electron chi connectivity index (χ0n) is 21.6. The van der Waals surface area contributed by atoms with E-state index in [4.69, 9.17) is 15.5 Å². The van der Waals surface area contributed by atoms with Crippen molar-refractivity contribution >= 4 is 22.7 Å². The molecule has 0 saturated heterocycles. The van der Waals surface area contributed by atoms with E-state index in [9.17, 15) is 9.59 Å². The van der Waals surface area contributed by atoms with Crippen molar-refractivity contribution in [3.8, 4) is 17.0 Å². The number of ether oxygens (including phenoxy) is 1. The average Bonchev–Trinajstić information content (AvgIpc) is 3.31. The Hall–Kier alpha value is -4.24. The lowest BCUT2D eigenvalue weighted by molar-refractivity contribution is -0.118. The van der Waals surface area contributed by atoms with Crippen LogP contribution in [-0.4, -0.2) is 58.7 Å². The first-order valence-corrected chi connectivity index (χ1v) is 12.1. The largest absolute Gasteiger partial charge is 0.492 e. The molecule has 2 aromatic heterocycles. The van der Waals surface area contributed by atoms with Gasteiger partial charge in [0.25, 0.3) is 5.91 Å². The molecule has 0 radical (unpaired) electrons. The van der Waals surface area contributed by atoms with Gasteiger partial charge in [0.05, 0.1) is 23.4 Å². The first-order chi connectivity index (χ1) is 17.7. The molecule has 9 heteroatoms. The first-order valence-electron chi connectivity index (χ1n) is 12.1. The minimum atomic E-state index is -0.472. The third-order valence-electron chi connectivity index (χ3n) is 6.07. The monoisotopic (exact) mass is 500 g/mol. The lowest BCUT2D eigenvalue weighted by Gasteiger charge is -2.19. The smallest absolute Gasteiger partial charge is 0.252 e. The molecule has 0 spiro atoms. The number of hydrogen-bond donors (Lipinski definition) is 2. The van der Waals surface area contributed by atoms with E-state index in [0.29, 0.717) is 23.6 Å². The molecule has 0 unspecified atom stereocenters. The fourth-order valence-corrected chi connectivity index (χ4v) is 4.08. The summed E-state index contributed by atoms with van der Waals surface area (Å²) in [7, 11) is 3.97. The highest BCUT2D eigenvalue weighted by Crippen LogP contribution is 2.29. The highest BCUT2D eigenvalue weighted by Gasteiger charge is 2.18. The van der Waals surface area contributed by atoms with Crippen molar-refractivity contribution in [3.63, 3.8) is 0 Å². The molecule has 2 aromatic carbocycles. The van der Waals surface area contributed by atoms with Gasteiger partial charge in [-0.2, -0.15) is 5.10 Å². The number of fused-ring (bicyclic) bond motifs is 1. The van der Waals surface area contributed by atoms with Crippen molar-refractivity contribution < 1.29 is 14.3 Å². The van der Waals surface area contributed by atoms with Crippen molar-refractivity contribution in [1.82, 2.24) is 25.0 Å². The minimum Gasteiger partial charge on any atom is -0.492 e. The second-order valence-corrected chi connectivity index (χ2v) is 9.33. The van der Waals surface area contributed by atoms with Crippen LogP contribution in [-0.2, 0) is 11.3 Å². The van der Waals surface area contributed by atoms with Crippen LogP contribution in [0.1, 0.15) is 34.5 Å². The van der Waals surface area contributed by atoms with Gasteiger partial charge in [0.1, 0.15) is 18.9 Å². The van der Waals surface area contributed by atoms with Crippen LogP contribution in [0.25, 0.3) is 22.2 Å². The Bertz CT molecular complexity index is 1430. The predicted molar refractivity (Wildman–Crippen MR) is 143 cm³/mol. The van der Waals surface area contributed by atoms with Crippen LogP contribution in [0.2, 0.25) is 0 Å². The second kappa shape index (κ2) is 11.2. The van der Waals surface area contributed by atoms with Crippen molar-refractivity contribution in [2.45, 2.75) is 26.4 Å². The number of aromatic nitrogens is 3. The summed E-state index contributed by atoms with van der Waals surface area (Å²) in [4.78, 5) is 31.4. The van der Waals surface area contributed by atoms with E-state index in [-0.39, 0.29) is 18.5 Å². The summed E-state index contributed by atoms with van der Waals surface area (Å²) in [5.41, 5.74) is 9.90. The Morgan fingerprint density at radius 2 is 1.95 bits per heavy atom. The van der Waals surface area contributed by atoms with Gasteiger partial charge in [-0.25, -0.2) is 4.98 Å². The molecule has 4 aromatic rings. The van der Waals surface area contributed by atoms with Gasteiger partial charge in [0.15, 0.2) is 0 Å². The van der Waals surface area contributed by atoms with Crippen molar-refractivity contribution in [2.24, 2.45) is 5.73 Å². The highest BCUT2D eigenvalue weighted by atomic mass is 16.5. The molecule has 0 bridgehead atoms. The van der Waals surface area contributed by atoms with E-state index in [1.807, 2.05) is 75.3 Å². The molecule has 37 heavy (non-hydrogen) atoms. The maximum Gasteiger partial charge on any atom is 0.252 e. The van der Waals surface area contributed by atoms with Crippen molar-refractivity contribution in [3.05, 3.63) is 77.6 Å². The number of nitrogens with one attached hydrogen (secondary N) is 1. The third kappa shape index (κ3) is 6.31. The van der Waals surface area contributed by atoms with Crippen molar-refractivity contribution in [2.75, 3.05) is 27.2 Å². The molecule has 1 atom stereocenters. The lowest BCUT2D eigenvalue weighted by atomic mass is 9.99. The zero-order chi connectivity index (χ0) is 26.5. The SMILES string of the molecule is Cc1ccc(OCCN(C)C)cc1C(=O)N[C@H](C)c1cc(-c2cnn(CC(N)=O)c2)nc2ccccc12. The van der Waals surface area contributed by atoms with Gasteiger partial charge in [-0.1, -0.05) is 24.3 Å². The predicted octanol–water partition coefficient (Wildman–Crippen LogP) is 3.32. The molecule has 0 saturated carbocycles. The number of hydrogen-bond acceptors (Lipinski definition) is 6. The van der Waals surface area contributed by atoms with E-state index in [1.54, 1.807) is 18.5 Å². The Kier molecular flexibility index (Phi) is 7.83. The molecule has 0 aliphatic heterocycles. The number of amides is 2. The van der Waals surface area contributed by atoms with E-state index in [2.05, 4.69) is 10.4 Å². The number of nitrogens with two attached hydrogens (primary N) is 1. The summed E-state index contributed by atoms with van der Waals surface area (Å²) in [6.07, 6.45) is 3.39. The number of pyridine rings is 1. The number of carbonyl (C=O) groups is 2. The maximum absolute atomic E-state index is 13.3. The molecule has 9 nitrogen and oxygen atoms in total. The van der Waals surface area contributed by atoms with Gasteiger partial charge >= 0.3 is 0 Å². The molecule has 0 fully saturated rings. The zero-order valence-corrected chi connectivity index (χ0v) is 21.6. The topological polar surface area (TPSA) is 115 Å². The van der Waals surface area contributed by atoms with Gasteiger partial charge in [0, 0.05) is 29.3 Å². The first kappa shape index (κ1) is 25.8. The van der Waals surface area contributed by atoms with Crippen LogP contribution in [0.4, 0.5) is 0 Å². The molecule has 0 aliphatic carbocycles. The van der Waals surface area contributed by atoms with Gasteiger partial charge in [-0.3, -0.25) is 14.3 Å². The van der Waals surface area contributed by atoms with Crippen molar-refractivity contribution in [1.29, 1.82) is 0 Å². The van der Waals surface area contributed by atoms with Crippen LogP contribution in [0.5, 0.6) is 5.75 Å². The molecule has 3 N–H and O–H groups in total. The van der Waals surface area contributed by atoms with Gasteiger partial charge in [-0.15, -0.1) is 0 Å². The number of primary amides is 1. The lowest BCUT2D eigenvalue weighted by Crippen LogP contribution is -2.27. The normalized spacial score (nSPS) is 12.0. The summed E-state index contributed by atoms with van der Waals surface area (Å²) in [5.74, 6) is 0.00950. The third-order valence-corrected chi connectivity index (χ3v) is 6.07. The number of rotatable bonds is 10. The summed E-state index contributed by atoms with van der Waals surface area (Å²) >= 11 is 0. The summed E-state index contributed by atoms with van der Waals surface area (Å²) < 4.78 is 7.32. The molecule has 2 amide bonds. The molecule has 4 rings (SSSR count). The molecule has 0 aliphatic rings. The molecular weight excluding hydrogens is 468 g/mol. The minimum absolute atomic E-state index is 0.00975. The Balaban J connectivity index is 1.61. The van der Waals surface area contributed by atoms with Gasteiger partial charge in [-0.05, 0) is 63.3 Å². The highest BCUT2D eigenvalue weighted by molar-refractivity contribution is 5.97. The van der Waals surface area contributed by atoms with Gasteiger partial charge < -0.3 is 20.7 Å². The van der Waals surface area contributed by atoms with Crippen LogP contribution in [0, 0.1) is 6.92 Å². The molecule has 2 heterocycles. The van der Waals surface area contributed by atoms with Crippen LogP contribution in [0.15, 0.2) is 60.9 Å². The number of aryl methyl sites for hydroxylation is 1. The average molecular weight is 501 g/mol. The number of benzene rings is 2. The number of likely N-dealkylation sites (N-methyl/N-ethyl adjacent to an activating group) is 1. The summed E-state index contributed by atoms with van der Waals surface area (Å²) in [6.45, 7) is 5.17. The standard InChI is InChI=1S/C28H32N6O3/c1-18-9-10-21(37-12-11-33(3)4)13-23(18)28(36)31-19(2)24-14-26(32-25-8-6-5-7-22(24)25)20-15-30-34(16-20)17-27(29)35/h5-10,13-16,19H,11-12,17H2,1-4H3,(H2,29,35)(H,31,36)/t19-/m1/s1. The van der Waals surface area contributed by atoms with E-state index in [0.717, 1.165) is 34.1 Å². The number of carbonyl (C=O) groups excluding carboxylic acids is 2. The Morgan fingerprint density at radius 3 is 2.70 bits per heavy atom. The second-order valence-electron chi connectivity index (χ2n) is 9.33. The van der Waals surface area contributed by atoms with Crippen LogP contribution < -0.4 is 15.8 Å². The Labute approximate surface area is 216 Å². The quantitative estimate of drug-likeness (QED) is 0.345. The maximum atomic E-state index is 13.3. The van der Waals surface area contributed by atoms with Crippen LogP contribution >= 0.6 is 0 Å². The summed E-state index contributed by atoms with van der Waals surface area (Å²) in [5, 5.41) is 8.31. The molecule has 192 valence electrons. The van der Waals surface area contributed by atoms with E-state index < -0.39 is 5.91 Å². The van der Waals surface area contributed by atoms with Gasteiger partial charge in [0.2, 0.25) is 5.91 Å². The Morgan fingerprint density at radius 1 is 1.16 bits per heavy atom.